The van der Waals surface area contributed by atoms with E-state index >= 15 is 0 Å². The first kappa shape index (κ1) is 13.5. The second-order valence-electron chi connectivity index (χ2n) is 6.95. The molecule has 2 atom stereocenters. The number of benzene rings is 1. The first-order valence-electron chi connectivity index (χ1n) is 7.51. The second-order valence-corrected chi connectivity index (χ2v) is 7.39. The number of hydrogen-bond donors (Lipinski definition) is 1. The van der Waals surface area contributed by atoms with E-state index in [-0.39, 0.29) is 0 Å². The molecule has 1 saturated carbocycles. The highest BCUT2D eigenvalue weighted by molar-refractivity contribution is 6.30. The second kappa shape index (κ2) is 4.79. The van der Waals surface area contributed by atoms with Crippen LogP contribution in [-0.4, -0.2) is 13.1 Å². The van der Waals surface area contributed by atoms with Gasteiger partial charge in [-0.1, -0.05) is 44.0 Å². The van der Waals surface area contributed by atoms with Crippen molar-refractivity contribution in [3.63, 3.8) is 0 Å². The van der Waals surface area contributed by atoms with E-state index in [9.17, 15) is 0 Å². The minimum Gasteiger partial charge on any atom is -0.316 e. The van der Waals surface area contributed by atoms with E-state index in [4.69, 9.17) is 11.6 Å². The van der Waals surface area contributed by atoms with E-state index in [1.807, 2.05) is 12.1 Å². The zero-order chi connectivity index (χ0) is 13.5. The molecule has 1 N–H and O–H groups in total. The summed E-state index contributed by atoms with van der Waals surface area (Å²) < 4.78 is 0. The van der Waals surface area contributed by atoms with Gasteiger partial charge in [-0.05, 0) is 54.3 Å². The summed E-state index contributed by atoms with van der Waals surface area (Å²) in [6.07, 6.45) is 5.45. The summed E-state index contributed by atoms with van der Waals surface area (Å²) in [5, 5.41) is 4.44. The third-order valence-corrected chi connectivity index (χ3v) is 6.06. The number of nitrogens with one attached hydrogen (secondary N) is 1. The van der Waals surface area contributed by atoms with Crippen molar-refractivity contribution in [3.05, 3.63) is 34.9 Å². The van der Waals surface area contributed by atoms with Gasteiger partial charge in [0, 0.05) is 17.5 Å². The Morgan fingerprint density at radius 2 is 1.84 bits per heavy atom. The topological polar surface area (TPSA) is 12.0 Å². The van der Waals surface area contributed by atoms with Crippen LogP contribution in [0.5, 0.6) is 0 Å². The van der Waals surface area contributed by atoms with Crippen LogP contribution in [0.4, 0.5) is 0 Å². The smallest absolute Gasteiger partial charge is 0.0406 e. The monoisotopic (exact) mass is 277 g/mol. The number of rotatable bonds is 1. The van der Waals surface area contributed by atoms with Crippen molar-refractivity contribution in [3.8, 4) is 0 Å². The molecule has 2 unspecified atom stereocenters. The summed E-state index contributed by atoms with van der Waals surface area (Å²) in [4.78, 5) is 0. The summed E-state index contributed by atoms with van der Waals surface area (Å²) in [6, 6.07) is 8.55. The molecule has 2 fully saturated rings. The van der Waals surface area contributed by atoms with E-state index in [0.29, 0.717) is 16.7 Å². The van der Waals surface area contributed by atoms with Crippen molar-refractivity contribution in [2.75, 3.05) is 13.1 Å². The van der Waals surface area contributed by atoms with Crippen molar-refractivity contribution < 1.29 is 0 Å². The van der Waals surface area contributed by atoms with Crippen LogP contribution in [-0.2, 0) is 0 Å². The van der Waals surface area contributed by atoms with Gasteiger partial charge in [0.2, 0.25) is 0 Å². The summed E-state index contributed by atoms with van der Waals surface area (Å²) in [7, 11) is 0. The van der Waals surface area contributed by atoms with Crippen LogP contribution in [0.2, 0.25) is 5.02 Å². The maximum absolute atomic E-state index is 6.04. The number of hydrogen-bond acceptors (Lipinski definition) is 1. The molecular weight excluding hydrogens is 254 g/mol. The fraction of sp³-hybridized carbons (Fsp3) is 0.647. The maximum atomic E-state index is 6.04. The third-order valence-electron chi connectivity index (χ3n) is 5.81. The molecule has 1 saturated heterocycles. The largest absolute Gasteiger partial charge is 0.316 e. The van der Waals surface area contributed by atoms with Gasteiger partial charge < -0.3 is 5.32 Å². The van der Waals surface area contributed by atoms with Crippen molar-refractivity contribution in [2.24, 2.45) is 10.8 Å². The van der Waals surface area contributed by atoms with Crippen LogP contribution in [0.3, 0.4) is 0 Å². The lowest BCUT2D eigenvalue weighted by atomic mass is 9.56. The van der Waals surface area contributed by atoms with Crippen LogP contribution >= 0.6 is 11.6 Å². The van der Waals surface area contributed by atoms with Crippen LogP contribution in [0.1, 0.15) is 51.0 Å². The lowest BCUT2D eigenvalue weighted by Gasteiger charge is -2.51. The molecule has 1 aromatic carbocycles. The van der Waals surface area contributed by atoms with E-state index in [0.717, 1.165) is 11.6 Å². The average molecular weight is 278 g/mol. The molecule has 104 valence electrons. The van der Waals surface area contributed by atoms with Gasteiger partial charge >= 0.3 is 0 Å². The Labute approximate surface area is 121 Å². The van der Waals surface area contributed by atoms with Crippen molar-refractivity contribution in [1.82, 2.24) is 5.32 Å². The van der Waals surface area contributed by atoms with Gasteiger partial charge in [0.05, 0.1) is 0 Å². The van der Waals surface area contributed by atoms with Gasteiger partial charge in [-0.15, -0.1) is 0 Å². The number of piperidine rings is 1. The molecule has 1 aliphatic heterocycles. The highest BCUT2D eigenvalue weighted by Crippen LogP contribution is 2.62. The highest BCUT2D eigenvalue weighted by Gasteiger charge is 2.54. The van der Waals surface area contributed by atoms with Crippen LogP contribution in [0.15, 0.2) is 24.3 Å². The molecule has 0 amide bonds. The van der Waals surface area contributed by atoms with Crippen LogP contribution < -0.4 is 5.32 Å². The predicted molar refractivity (Wildman–Crippen MR) is 81.7 cm³/mol. The zero-order valence-electron chi connectivity index (χ0n) is 12.0. The fourth-order valence-corrected chi connectivity index (χ4v) is 4.73. The molecule has 0 radical (unpaired) electrons. The first-order valence-corrected chi connectivity index (χ1v) is 7.89. The number of halogens is 1. The first-order chi connectivity index (χ1) is 9.05. The summed E-state index contributed by atoms with van der Waals surface area (Å²) in [5.41, 5.74) is 2.40. The summed E-state index contributed by atoms with van der Waals surface area (Å²) in [6.45, 7) is 7.25. The van der Waals surface area contributed by atoms with E-state index < -0.39 is 0 Å². The molecule has 0 bridgehead atoms. The minimum absolute atomic E-state index is 0.458. The van der Waals surface area contributed by atoms with E-state index in [1.165, 1.54) is 37.8 Å². The molecule has 0 aromatic heterocycles. The Morgan fingerprint density at radius 3 is 2.47 bits per heavy atom. The molecule has 3 rings (SSSR count). The van der Waals surface area contributed by atoms with E-state index in [2.05, 4.69) is 31.3 Å². The Kier molecular flexibility index (Phi) is 3.39. The molecule has 2 aliphatic rings. The van der Waals surface area contributed by atoms with Crippen molar-refractivity contribution in [1.29, 1.82) is 0 Å². The molecule has 1 aromatic rings. The quantitative estimate of drug-likeness (QED) is 0.790. The van der Waals surface area contributed by atoms with Gasteiger partial charge in [0.25, 0.3) is 0 Å². The normalized spacial score (nSPS) is 33.7. The van der Waals surface area contributed by atoms with Gasteiger partial charge in [0.15, 0.2) is 0 Å². The highest BCUT2D eigenvalue weighted by atomic mass is 35.5. The maximum Gasteiger partial charge on any atom is 0.0406 e. The molecule has 1 spiro atoms. The molecule has 19 heavy (non-hydrogen) atoms. The molecule has 1 aliphatic carbocycles. The summed E-state index contributed by atoms with van der Waals surface area (Å²) in [5.74, 6) is 0.635. The van der Waals surface area contributed by atoms with Crippen LogP contribution in [0, 0.1) is 10.8 Å². The van der Waals surface area contributed by atoms with Gasteiger partial charge in [-0.2, -0.15) is 0 Å². The van der Waals surface area contributed by atoms with Gasteiger partial charge in [-0.3, -0.25) is 0 Å². The third kappa shape index (κ3) is 2.11. The van der Waals surface area contributed by atoms with Gasteiger partial charge in [0.1, 0.15) is 0 Å². The Balaban J connectivity index is 2.00. The molecular formula is C17H24ClN. The lowest BCUT2D eigenvalue weighted by molar-refractivity contribution is 0.0419. The lowest BCUT2D eigenvalue weighted by Crippen LogP contribution is -2.48. The SMILES string of the molecule is CC1(C)CCCC12CCNCC2c1ccc(Cl)cc1. The van der Waals surface area contributed by atoms with Crippen LogP contribution in [0.25, 0.3) is 0 Å². The molecule has 2 heteroatoms. The Morgan fingerprint density at radius 1 is 1.11 bits per heavy atom. The Hall–Kier alpha value is -0.530. The van der Waals surface area contributed by atoms with Gasteiger partial charge in [-0.25, -0.2) is 0 Å². The Bertz CT molecular complexity index is 451. The fourth-order valence-electron chi connectivity index (χ4n) is 4.60. The van der Waals surface area contributed by atoms with Crippen molar-refractivity contribution >= 4 is 11.6 Å². The minimum atomic E-state index is 0.458. The molecule has 1 nitrogen and oxygen atoms in total. The zero-order valence-corrected chi connectivity index (χ0v) is 12.8. The standard InChI is InChI=1S/C17H24ClN/c1-16(2)8-3-9-17(16)10-11-19-12-15(17)13-4-6-14(18)7-5-13/h4-7,15,19H,3,8-12H2,1-2H3. The van der Waals surface area contributed by atoms with E-state index in [1.54, 1.807) is 0 Å². The predicted octanol–water partition coefficient (Wildman–Crippen LogP) is 4.61. The van der Waals surface area contributed by atoms with Crippen molar-refractivity contribution in [2.45, 2.75) is 45.4 Å². The average Bonchev–Trinajstić information content (AvgIpc) is 2.67. The molecule has 1 heterocycles. The summed E-state index contributed by atoms with van der Waals surface area (Å²) >= 11 is 6.04.